The zero-order valence-electron chi connectivity index (χ0n) is 10.6. The Morgan fingerprint density at radius 3 is 2.61 bits per heavy atom. The van der Waals surface area contributed by atoms with Gasteiger partial charge in [-0.25, -0.2) is 0 Å². The van der Waals surface area contributed by atoms with Crippen LogP contribution in [0.4, 0.5) is 0 Å². The third-order valence-electron chi connectivity index (χ3n) is 2.80. The maximum absolute atomic E-state index is 11.5. The first-order valence-corrected chi connectivity index (χ1v) is 6.07. The number of aryl methyl sites for hydroxylation is 1. The van der Waals surface area contributed by atoms with E-state index in [-0.39, 0.29) is 5.78 Å². The highest BCUT2D eigenvalue weighted by atomic mass is 16.5. The zero-order valence-corrected chi connectivity index (χ0v) is 10.6. The van der Waals surface area contributed by atoms with E-state index in [1.54, 1.807) is 13.0 Å². The largest absolute Gasteiger partial charge is 0.457 e. The van der Waals surface area contributed by atoms with E-state index >= 15 is 0 Å². The van der Waals surface area contributed by atoms with Crippen LogP contribution in [-0.2, 0) is 6.42 Å². The van der Waals surface area contributed by atoms with Crippen molar-refractivity contribution in [3.63, 3.8) is 0 Å². The van der Waals surface area contributed by atoms with Gasteiger partial charge in [0.1, 0.15) is 11.5 Å². The van der Waals surface area contributed by atoms with Crippen molar-refractivity contribution in [1.82, 2.24) is 0 Å². The molecule has 0 atom stereocenters. The molecule has 0 spiro atoms. The topological polar surface area (TPSA) is 26.3 Å². The highest BCUT2D eigenvalue weighted by Gasteiger charge is 2.08. The molecule has 0 saturated carbocycles. The van der Waals surface area contributed by atoms with Gasteiger partial charge in [0.25, 0.3) is 0 Å². The molecule has 0 bridgehead atoms. The summed E-state index contributed by atoms with van der Waals surface area (Å²) in [5.74, 6) is 1.39. The van der Waals surface area contributed by atoms with Gasteiger partial charge in [0.2, 0.25) is 0 Å². The lowest BCUT2D eigenvalue weighted by atomic mass is 10.1. The van der Waals surface area contributed by atoms with E-state index in [9.17, 15) is 4.79 Å². The number of carbonyl (C=O) groups excluding carboxylic acids is 1. The molecule has 2 rings (SSSR count). The van der Waals surface area contributed by atoms with Crippen LogP contribution in [0.15, 0.2) is 48.5 Å². The van der Waals surface area contributed by atoms with Gasteiger partial charge in [-0.05, 0) is 43.2 Å². The normalized spacial score (nSPS) is 10.1. The molecule has 0 amide bonds. The van der Waals surface area contributed by atoms with Crippen LogP contribution < -0.4 is 4.74 Å². The van der Waals surface area contributed by atoms with Crippen LogP contribution in [0.1, 0.15) is 29.8 Å². The Hall–Kier alpha value is -2.09. The number of ketones is 1. The lowest BCUT2D eigenvalue weighted by molar-refractivity contribution is 0.101. The maximum Gasteiger partial charge on any atom is 0.163 e. The predicted molar refractivity (Wildman–Crippen MR) is 72.3 cm³/mol. The molecule has 92 valence electrons. The van der Waals surface area contributed by atoms with Crippen LogP contribution in [0, 0.1) is 0 Å². The van der Waals surface area contributed by atoms with E-state index in [0.717, 1.165) is 12.2 Å². The molecule has 0 heterocycles. The van der Waals surface area contributed by atoms with Crippen LogP contribution in [0.5, 0.6) is 11.5 Å². The average Bonchev–Trinajstić information content (AvgIpc) is 2.39. The molecule has 0 radical (unpaired) electrons. The Labute approximate surface area is 107 Å². The molecule has 2 aromatic rings. The van der Waals surface area contributed by atoms with Gasteiger partial charge in [0, 0.05) is 0 Å². The van der Waals surface area contributed by atoms with Crippen molar-refractivity contribution in [2.45, 2.75) is 20.3 Å². The van der Waals surface area contributed by atoms with Crippen LogP contribution >= 0.6 is 0 Å². The number of carbonyl (C=O) groups is 1. The number of benzene rings is 2. The number of rotatable bonds is 4. The fourth-order valence-electron chi connectivity index (χ4n) is 1.80. The number of hydrogen-bond donors (Lipinski definition) is 0. The van der Waals surface area contributed by atoms with Gasteiger partial charge in [0.05, 0.1) is 5.56 Å². The SMILES string of the molecule is CCc1cccc(Oc2ccccc2C(C)=O)c1. The molecule has 0 aliphatic rings. The lowest BCUT2D eigenvalue weighted by Gasteiger charge is -2.09. The summed E-state index contributed by atoms with van der Waals surface area (Å²) in [7, 11) is 0. The molecular formula is C16H16O2. The highest BCUT2D eigenvalue weighted by molar-refractivity contribution is 5.96. The lowest BCUT2D eigenvalue weighted by Crippen LogP contribution is -1.96. The summed E-state index contributed by atoms with van der Waals surface area (Å²) in [6.45, 7) is 3.65. The van der Waals surface area contributed by atoms with Gasteiger partial charge in [-0.15, -0.1) is 0 Å². The second-order valence-electron chi connectivity index (χ2n) is 4.16. The molecule has 0 fully saturated rings. The van der Waals surface area contributed by atoms with Gasteiger partial charge >= 0.3 is 0 Å². The van der Waals surface area contributed by atoms with Crippen LogP contribution in [-0.4, -0.2) is 5.78 Å². The van der Waals surface area contributed by atoms with Crippen LogP contribution in [0.3, 0.4) is 0 Å². The van der Waals surface area contributed by atoms with Crippen molar-refractivity contribution in [2.75, 3.05) is 0 Å². The van der Waals surface area contributed by atoms with E-state index in [4.69, 9.17) is 4.74 Å². The summed E-state index contributed by atoms with van der Waals surface area (Å²) in [5.41, 5.74) is 1.83. The molecule has 0 N–H and O–H groups in total. The van der Waals surface area contributed by atoms with Crippen molar-refractivity contribution >= 4 is 5.78 Å². The standard InChI is InChI=1S/C16H16O2/c1-3-13-7-6-8-14(11-13)18-16-10-5-4-9-15(16)12(2)17/h4-11H,3H2,1-2H3. The Balaban J connectivity index is 2.31. The van der Waals surface area contributed by atoms with Crippen molar-refractivity contribution in [3.8, 4) is 11.5 Å². The quantitative estimate of drug-likeness (QED) is 0.747. The minimum Gasteiger partial charge on any atom is -0.457 e. The Morgan fingerprint density at radius 2 is 1.89 bits per heavy atom. The number of hydrogen-bond acceptors (Lipinski definition) is 2. The van der Waals surface area contributed by atoms with Gasteiger partial charge in [-0.1, -0.05) is 31.2 Å². The third-order valence-corrected chi connectivity index (χ3v) is 2.80. The average molecular weight is 240 g/mol. The van der Waals surface area contributed by atoms with Gasteiger partial charge in [-0.3, -0.25) is 4.79 Å². The monoisotopic (exact) mass is 240 g/mol. The van der Waals surface area contributed by atoms with Gasteiger partial charge in [0.15, 0.2) is 5.78 Å². The molecule has 0 aliphatic heterocycles. The molecule has 0 aliphatic carbocycles. The summed E-state index contributed by atoms with van der Waals surface area (Å²) in [5, 5.41) is 0. The van der Waals surface area contributed by atoms with Crippen LogP contribution in [0.2, 0.25) is 0 Å². The van der Waals surface area contributed by atoms with Crippen molar-refractivity contribution in [2.24, 2.45) is 0 Å². The molecule has 0 unspecified atom stereocenters. The molecule has 0 saturated heterocycles. The number of Topliss-reactive ketones (excluding diaryl/α,β-unsaturated/α-hetero) is 1. The molecule has 2 aromatic carbocycles. The first-order valence-electron chi connectivity index (χ1n) is 6.07. The molecule has 2 nitrogen and oxygen atoms in total. The molecule has 2 heteroatoms. The van der Waals surface area contributed by atoms with E-state index in [1.165, 1.54) is 5.56 Å². The molecular weight excluding hydrogens is 224 g/mol. The Bertz CT molecular complexity index is 559. The predicted octanol–water partition coefficient (Wildman–Crippen LogP) is 4.24. The van der Waals surface area contributed by atoms with Gasteiger partial charge in [-0.2, -0.15) is 0 Å². The minimum absolute atomic E-state index is 0.0113. The second kappa shape index (κ2) is 5.50. The summed E-state index contributed by atoms with van der Waals surface area (Å²) in [6, 6.07) is 15.2. The molecule has 18 heavy (non-hydrogen) atoms. The highest BCUT2D eigenvalue weighted by Crippen LogP contribution is 2.26. The van der Waals surface area contributed by atoms with E-state index in [2.05, 4.69) is 13.0 Å². The summed E-state index contributed by atoms with van der Waals surface area (Å²) in [4.78, 5) is 11.5. The van der Waals surface area contributed by atoms with E-state index in [0.29, 0.717) is 11.3 Å². The second-order valence-corrected chi connectivity index (χ2v) is 4.16. The minimum atomic E-state index is 0.0113. The fraction of sp³-hybridized carbons (Fsp3) is 0.188. The first kappa shape index (κ1) is 12.4. The van der Waals surface area contributed by atoms with Gasteiger partial charge < -0.3 is 4.74 Å². The fourth-order valence-corrected chi connectivity index (χ4v) is 1.80. The van der Waals surface area contributed by atoms with Crippen molar-refractivity contribution in [3.05, 3.63) is 59.7 Å². The van der Waals surface area contributed by atoms with Crippen molar-refractivity contribution in [1.29, 1.82) is 0 Å². The maximum atomic E-state index is 11.5. The summed E-state index contributed by atoms with van der Waals surface area (Å²) < 4.78 is 5.79. The first-order chi connectivity index (χ1) is 8.70. The smallest absolute Gasteiger partial charge is 0.163 e. The molecule has 0 aromatic heterocycles. The Kier molecular flexibility index (Phi) is 3.78. The van der Waals surface area contributed by atoms with E-state index < -0.39 is 0 Å². The third kappa shape index (κ3) is 2.77. The number of ether oxygens (including phenoxy) is 1. The van der Waals surface area contributed by atoms with Crippen LogP contribution in [0.25, 0.3) is 0 Å². The summed E-state index contributed by atoms with van der Waals surface area (Å²) in [6.07, 6.45) is 0.964. The summed E-state index contributed by atoms with van der Waals surface area (Å²) >= 11 is 0. The van der Waals surface area contributed by atoms with Crippen molar-refractivity contribution < 1.29 is 9.53 Å². The zero-order chi connectivity index (χ0) is 13.0. The number of para-hydroxylation sites is 1. The van der Waals surface area contributed by atoms with E-state index in [1.807, 2.05) is 36.4 Å². The Morgan fingerprint density at radius 1 is 1.11 bits per heavy atom.